The van der Waals surface area contributed by atoms with Gasteiger partial charge in [-0.2, -0.15) is 0 Å². The number of aryl methyl sites for hydroxylation is 2. The minimum Gasteiger partial charge on any atom is -0.459 e. The molecule has 0 amide bonds. The van der Waals surface area contributed by atoms with Crippen molar-refractivity contribution in [3.8, 4) is 11.7 Å². The number of furan rings is 1. The van der Waals surface area contributed by atoms with Crippen molar-refractivity contribution in [2.45, 2.75) is 20.4 Å². The Balaban J connectivity index is 1.72. The number of fused-ring (bicyclic) bond motifs is 1. The smallest absolute Gasteiger partial charge is 0.283 e. The molecule has 4 aromatic heterocycles. The van der Waals surface area contributed by atoms with Gasteiger partial charge in [-0.15, -0.1) is 21.5 Å². The molecule has 0 radical (unpaired) electrons. The minimum absolute atomic E-state index is 0.102. The number of aromatic nitrogens is 4. The average Bonchev–Trinajstić information content (AvgIpc) is 3.24. The van der Waals surface area contributed by atoms with Crippen LogP contribution in [-0.2, 0) is 6.54 Å². The van der Waals surface area contributed by atoms with Crippen LogP contribution in [0, 0.1) is 13.8 Å². The first-order valence-corrected chi connectivity index (χ1v) is 7.76. The molecule has 0 saturated carbocycles. The van der Waals surface area contributed by atoms with Crippen LogP contribution in [0.15, 0.2) is 38.4 Å². The monoisotopic (exact) mass is 328 g/mol. The zero-order valence-corrected chi connectivity index (χ0v) is 13.3. The summed E-state index contributed by atoms with van der Waals surface area (Å²) in [4.78, 5) is 18.8. The van der Waals surface area contributed by atoms with Crippen LogP contribution < -0.4 is 5.56 Å². The van der Waals surface area contributed by atoms with E-state index >= 15 is 0 Å². The van der Waals surface area contributed by atoms with Gasteiger partial charge in [0.2, 0.25) is 5.89 Å². The fourth-order valence-corrected chi connectivity index (χ4v) is 3.33. The first kappa shape index (κ1) is 13.9. The molecule has 4 aromatic rings. The van der Waals surface area contributed by atoms with Gasteiger partial charge in [0.05, 0.1) is 18.0 Å². The summed E-state index contributed by atoms with van der Waals surface area (Å²) < 4.78 is 12.2. The zero-order valence-electron chi connectivity index (χ0n) is 12.4. The van der Waals surface area contributed by atoms with Crippen LogP contribution in [0.5, 0.6) is 0 Å². The Morgan fingerprint density at radius 1 is 1.30 bits per heavy atom. The molecule has 8 heteroatoms. The lowest BCUT2D eigenvalue weighted by Crippen LogP contribution is -2.21. The van der Waals surface area contributed by atoms with Crippen LogP contribution in [0.25, 0.3) is 21.9 Å². The topological polar surface area (TPSA) is 86.9 Å². The summed E-state index contributed by atoms with van der Waals surface area (Å²) in [6.07, 6.45) is 3.04. The van der Waals surface area contributed by atoms with Crippen molar-refractivity contribution in [1.82, 2.24) is 19.7 Å². The molecular formula is C15H12N4O3S. The number of nitrogens with zero attached hydrogens (tertiary/aromatic N) is 4. The molecule has 7 nitrogen and oxygen atoms in total. The van der Waals surface area contributed by atoms with Gasteiger partial charge in [0.25, 0.3) is 11.4 Å². The summed E-state index contributed by atoms with van der Waals surface area (Å²) >= 11 is 1.52. The fourth-order valence-electron chi connectivity index (χ4n) is 2.35. The Kier molecular flexibility index (Phi) is 3.12. The Morgan fingerprint density at radius 3 is 2.96 bits per heavy atom. The summed E-state index contributed by atoms with van der Waals surface area (Å²) in [6.45, 7) is 4.09. The van der Waals surface area contributed by atoms with Crippen molar-refractivity contribution < 1.29 is 8.83 Å². The summed E-state index contributed by atoms with van der Waals surface area (Å²) in [5, 5.41) is 8.53. The van der Waals surface area contributed by atoms with E-state index in [9.17, 15) is 4.79 Å². The predicted octanol–water partition coefficient (Wildman–Crippen LogP) is 2.77. The first-order valence-electron chi connectivity index (χ1n) is 6.95. The minimum atomic E-state index is -0.102. The van der Waals surface area contributed by atoms with Gasteiger partial charge in [-0.05, 0) is 31.5 Å². The highest BCUT2D eigenvalue weighted by Crippen LogP contribution is 2.25. The molecule has 4 rings (SSSR count). The van der Waals surface area contributed by atoms with E-state index in [-0.39, 0.29) is 18.0 Å². The Labute approximate surface area is 134 Å². The highest BCUT2D eigenvalue weighted by molar-refractivity contribution is 7.18. The van der Waals surface area contributed by atoms with E-state index in [1.807, 2.05) is 13.8 Å². The summed E-state index contributed by atoms with van der Waals surface area (Å²) in [5.41, 5.74) is 0.869. The van der Waals surface area contributed by atoms with Gasteiger partial charge in [-0.1, -0.05) is 0 Å². The SMILES string of the molecule is Cc1sc2ncn(Cc3nnc(-c4ccco4)o3)c(=O)c2c1C. The molecule has 0 aromatic carbocycles. The molecule has 0 unspecified atom stereocenters. The highest BCUT2D eigenvalue weighted by Gasteiger charge is 2.15. The Bertz CT molecular complexity index is 1040. The molecule has 4 heterocycles. The van der Waals surface area contributed by atoms with Crippen molar-refractivity contribution in [3.63, 3.8) is 0 Å². The molecule has 0 aliphatic rings. The van der Waals surface area contributed by atoms with Crippen LogP contribution in [-0.4, -0.2) is 19.7 Å². The molecule has 0 bridgehead atoms. The van der Waals surface area contributed by atoms with E-state index in [0.29, 0.717) is 17.0 Å². The molecule has 0 N–H and O–H groups in total. The molecule has 116 valence electrons. The third kappa shape index (κ3) is 2.27. The Hall–Kier alpha value is -2.74. The lowest BCUT2D eigenvalue weighted by atomic mass is 10.2. The average molecular weight is 328 g/mol. The Morgan fingerprint density at radius 2 is 2.17 bits per heavy atom. The van der Waals surface area contributed by atoms with Crippen LogP contribution >= 0.6 is 11.3 Å². The first-order chi connectivity index (χ1) is 11.1. The van der Waals surface area contributed by atoms with Gasteiger partial charge in [-0.3, -0.25) is 9.36 Å². The number of rotatable bonds is 3. The molecular weight excluding hydrogens is 316 g/mol. The second-order valence-electron chi connectivity index (χ2n) is 5.12. The van der Waals surface area contributed by atoms with E-state index in [0.717, 1.165) is 15.3 Å². The van der Waals surface area contributed by atoms with Crippen molar-refractivity contribution in [2.24, 2.45) is 0 Å². The number of thiophene rings is 1. The summed E-state index contributed by atoms with van der Waals surface area (Å²) in [7, 11) is 0. The van der Waals surface area contributed by atoms with Crippen LogP contribution in [0.4, 0.5) is 0 Å². The van der Waals surface area contributed by atoms with Gasteiger partial charge < -0.3 is 8.83 Å². The van der Waals surface area contributed by atoms with Crippen molar-refractivity contribution >= 4 is 21.6 Å². The van der Waals surface area contributed by atoms with Crippen molar-refractivity contribution in [1.29, 1.82) is 0 Å². The second-order valence-corrected chi connectivity index (χ2v) is 6.32. The van der Waals surface area contributed by atoms with Crippen LogP contribution in [0.2, 0.25) is 0 Å². The molecule has 0 spiro atoms. The predicted molar refractivity (Wildman–Crippen MR) is 84.5 cm³/mol. The van der Waals surface area contributed by atoms with E-state index in [2.05, 4.69) is 15.2 Å². The fraction of sp³-hybridized carbons (Fsp3) is 0.200. The van der Waals surface area contributed by atoms with Crippen LogP contribution in [0.1, 0.15) is 16.3 Å². The normalized spacial score (nSPS) is 11.4. The molecule has 0 fully saturated rings. The summed E-state index contributed by atoms with van der Waals surface area (Å²) in [6, 6.07) is 3.47. The van der Waals surface area contributed by atoms with E-state index in [1.165, 1.54) is 28.5 Å². The van der Waals surface area contributed by atoms with E-state index in [1.54, 1.807) is 12.1 Å². The lowest BCUT2D eigenvalue weighted by Gasteiger charge is -2.01. The molecule has 23 heavy (non-hydrogen) atoms. The number of hydrogen-bond acceptors (Lipinski definition) is 7. The molecule has 0 aliphatic carbocycles. The third-order valence-corrected chi connectivity index (χ3v) is 4.78. The van der Waals surface area contributed by atoms with Gasteiger partial charge in [-0.25, -0.2) is 4.98 Å². The number of hydrogen-bond donors (Lipinski definition) is 0. The van der Waals surface area contributed by atoms with Crippen molar-refractivity contribution in [2.75, 3.05) is 0 Å². The van der Waals surface area contributed by atoms with Crippen molar-refractivity contribution in [3.05, 3.63) is 51.4 Å². The van der Waals surface area contributed by atoms with Gasteiger partial charge in [0.15, 0.2) is 5.76 Å². The maximum Gasteiger partial charge on any atom is 0.283 e. The lowest BCUT2D eigenvalue weighted by molar-refractivity contribution is 0.465. The largest absolute Gasteiger partial charge is 0.459 e. The van der Waals surface area contributed by atoms with E-state index in [4.69, 9.17) is 8.83 Å². The molecule has 0 saturated heterocycles. The van der Waals surface area contributed by atoms with E-state index < -0.39 is 0 Å². The zero-order chi connectivity index (χ0) is 16.0. The maximum absolute atomic E-state index is 12.6. The molecule has 0 aliphatic heterocycles. The summed E-state index contributed by atoms with van der Waals surface area (Å²) in [5.74, 6) is 1.10. The second kappa shape index (κ2) is 5.17. The van der Waals surface area contributed by atoms with Gasteiger partial charge in [0.1, 0.15) is 11.4 Å². The quantitative estimate of drug-likeness (QED) is 0.575. The highest BCUT2D eigenvalue weighted by atomic mass is 32.1. The van der Waals surface area contributed by atoms with Crippen LogP contribution in [0.3, 0.4) is 0 Å². The standard InChI is InChI=1S/C15H12N4O3S/c1-8-9(2)23-14-12(8)15(20)19(7-16-14)6-11-17-18-13(22-11)10-4-3-5-21-10/h3-5,7H,6H2,1-2H3. The maximum atomic E-state index is 12.6. The molecule has 0 atom stereocenters. The third-order valence-electron chi connectivity index (χ3n) is 3.66. The van der Waals surface area contributed by atoms with Gasteiger partial charge >= 0.3 is 0 Å². The van der Waals surface area contributed by atoms with Gasteiger partial charge in [0, 0.05) is 4.88 Å².